The zero-order valence-electron chi connectivity index (χ0n) is 11.7. The van der Waals surface area contributed by atoms with Gasteiger partial charge in [0.25, 0.3) is 5.91 Å². The van der Waals surface area contributed by atoms with Crippen LogP contribution in [0.3, 0.4) is 0 Å². The highest BCUT2D eigenvalue weighted by Gasteiger charge is 2.25. The molecular formula is C14H17BrClN3OS. The van der Waals surface area contributed by atoms with E-state index >= 15 is 0 Å². The molecule has 1 unspecified atom stereocenters. The summed E-state index contributed by atoms with van der Waals surface area (Å²) < 4.78 is 0.805. The summed E-state index contributed by atoms with van der Waals surface area (Å²) in [4.78, 5) is 17.0. The molecule has 0 aromatic heterocycles. The first-order valence-electron chi connectivity index (χ1n) is 6.67. The van der Waals surface area contributed by atoms with Crippen LogP contribution in [0.4, 0.5) is 0 Å². The molecule has 1 atom stereocenters. The molecule has 2 N–H and O–H groups in total. The third-order valence-electron chi connectivity index (χ3n) is 3.67. The van der Waals surface area contributed by atoms with Crippen molar-refractivity contribution in [3.05, 3.63) is 33.3 Å². The Kier molecular flexibility index (Phi) is 5.60. The van der Waals surface area contributed by atoms with Crippen LogP contribution in [0.2, 0.25) is 5.02 Å². The maximum Gasteiger partial charge on any atom is 0.254 e. The summed E-state index contributed by atoms with van der Waals surface area (Å²) in [5.41, 5.74) is 6.28. The Labute approximate surface area is 143 Å². The van der Waals surface area contributed by atoms with E-state index in [4.69, 9.17) is 29.6 Å². The monoisotopic (exact) mass is 389 g/mol. The zero-order valence-corrected chi connectivity index (χ0v) is 14.8. The molecule has 0 aliphatic carbocycles. The van der Waals surface area contributed by atoms with Gasteiger partial charge in [-0.3, -0.25) is 9.69 Å². The third-order valence-corrected chi connectivity index (χ3v) is 4.69. The highest BCUT2D eigenvalue weighted by Crippen LogP contribution is 2.21. The van der Waals surface area contributed by atoms with Crippen molar-refractivity contribution in [1.29, 1.82) is 0 Å². The SMILES string of the molecule is CC(C(N)=S)N1CCN(C(=O)c2cc(Cl)cc(Br)c2)CC1. The summed E-state index contributed by atoms with van der Waals surface area (Å²) in [7, 11) is 0. The average molecular weight is 391 g/mol. The molecule has 0 saturated carbocycles. The third kappa shape index (κ3) is 4.16. The second kappa shape index (κ2) is 7.05. The van der Waals surface area contributed by atoms with Gasteiger partial charge in [0.15, 0.2) is 0 Å². The second-order valence-electron chi connectivity index (χ2n) is 5.06. The van der Waals surface area contributed by atoms with Gasteiger partial charge in [0.05, 0.1) is 11.0 Å². The van der Waals surface area contributed by atoms with Gasteiger partial charge in [-0.05, 0) is 25.1 Å². The van der Waals surface area contributed by atoms with Crippen LogP contribution >= 0.6 is 39.7 Å². The normalized spacial score (nSPS) is 17.6. The van der Waals surface area contributed by atoms with E-state index < -0.39 is 0 Å². The minimum Gasteiger partial charge on any atom is -0.392 e. The van der Waals surface area contributed by atoms with E-state index in [2.05, 4.69) is 20.8 Å². The lowest BCUT2D eigenvalue weighted by molar-refractivity contribution is 0.0621. The van der Waals surface area contributed by atoms with Crippen molar-refractivity contribution < 1.29 is 4.79 Å². The van der Waals surface area contributed by atoms with Crippen molar-refractivity contribution >= 4 is 50.6 Å². The van der Waals surface area contributed by atoms with Crippen molar-refractivity contribution in [2.45, 2.75) is 13.0 Å². The predicted octanol–water partition coefficient (Wildman–Crippen LogP) is 2.53. The predicted molar refractivity (Wildman–Crippen MR) is 92.9 cm³/mol. The van der Waals surface area contributed by atoms with Crippen LogP contribution in [0.5, 0.6) is 0 Å². The molecule has 21 heavy (non-hydrogen) atoms. The molecule has 0 bridgehead atoms. The number of carbonyl (C=O) groups excluding carboxylic acids is 1. The molecule has 7 heteroatoms. The van der Waals surface area contributed by atoms with E-state index in [1.807, 2.05) is 11.8 Å². The number of nitrogens with two attached hydrogens (primary N) is 1. The lowest BCUT2D eigenvalue weighted by Gasteiger charge is -2.37. The van der Waals surface area contributed by atoms with Crippen molar-refractivity contribution in [1.82, 2.24) is 9.80 Å². The zero-order chi connectivity index (χ0) is 15.6. The van der Waals surface area contributed by atoms with Crippen LogP contribution < -0.4 is 5.73 Å². The maximum absolute atomic E-state index is 12.5. The fraction of sp³-hybridized carbons (Fsp3) is 0.429. The van der Waals surface area contributed by atoms with E-state index in [0.29, 0.717) is 28.7 Å². The van der Waals surface area contributed by atoms with E-state index in [0.717, 1.165) is 17.6 Å². The van der Waals surface area contributed by atoms with Crippen molar-refractivity contribution in [2.24, 2.45) is 5.73 Å². The first-order chi connectivity index (χ1) is 9.88. The van der Waals surface area contributed by atoms with Crippen molar-refractivity contribution in [3.8, 4) is 0 Å². The Balaban J connectivity index is 2.01. The van der Waals surface area contributed by atoms with Crippen LogP contribution in [0.1, 0.15) is 17.3 Å². The number of halogens is 2. The van der Waals surface area contributed by atoms with Crippen LogP contribution in [-0.4, -0.2) is 52.9 Å². The standard InChI is InChI=1S/C14H17BrClN3OS/c1-9(13(17)21)18-2-4-19(5-3-18)14(20)10-6-11(15)8-12(16)7-10/h6-9H,2-5H2,1H3,(H2,17,21). The maximum atomic E-state index is 12.5. The van der Waals surface area contributed by atoms with Gasteiger partial charge in [-0.25, -0.2) is 0 Å². The Bertz CT molecular complexity index is 541. The Hall–Kier alpha value is -0.690. The van der Waals surface area contributed by atoms with Crippen LogP contribution in [0.25, 0.3) is 0 Å². The molecule has 0 spiro atoms. The molecule has 1 aromatic carbocycles. The number of piperazine rings is 1. The molecule has 1 saturated heterocycles. The van der Waals surface area contributed by atoms with Gasteiger partial charge in [0.2, 0.25) is 0 Å². The molecule has 114 valence electrons. The van der Waals surface area contributed by atoms with Crippen molar-refractivity contribution in [3.63, 3.8) is 0 Å². The summed E-state index contributed by atoms with van der Waals surface area (Å²) in [5, 5.41) is 0.550. The summed E-state index contributed by atoms with van der Waals surface area (Å²) in [6, 6.07) is 5.31. The first kappa shape index (κ1) is 16.7. The number of hydrogen-bond donors (Lipinski definition) is 1. The summed E-state index contributed by atoms with van der Waals surface area (Å²) in [5.74, 6) is 0.000767. The lowest BCUT2D eigenvalue weighted by Crippen LogP contribution is -2.53. The average Bonchev–Trinajstić information content (AvgIpc) is 2.44. The van der Waals surface area contributed by atoms with Gasteiger partial charge in [-0.1, -0.05) is 39.7 Å². The van der Waals surface area contributed by atoms with Crippen LogP contribution in [0.15, 0.2) is 22.7 Å². The number of hydrogen-bond acceptors (Lipinski definition) is 3. The molecule has 2 rings (SSSR count). The molecule has 1 aliphatic rings. The van der Waals surface area contributed by atoms with Gasteiger partial charge in [0.1, 0.15) is 0 Å². The van der Waals surface area contributed by atoms with Crippen LogP contribution in [0, 0.1) is 0 Å². The Morgan fingerprint density at radius 1 is 1.33 bits per heavy atom. The second-order valence-corrected chi connectivity index (χ2v) is 6.89. The summed E-state index contributed by atoms with van der Waals surface area (Å²) in [6.07, 6.45) is 0. The highest BCUT2D eigenvalue weighted by molar-refractivity contribution is 9.10. The molecule has 1 fully saturated rings. The van der Waals surface area contributed by atoms with E-state index in [-0.39, 0.29) is 11.9 Å². The van der Waals surface area contributed by atoms with Crippen molar-refractivity contribution in [2.75, 3.05) is 26.2 Å². The number of thiocarbonyl (C=S) groups is 1. The molecule has 4 nitrogen and oxygen atoms in total. The molecule has 1 aromatic rings. The van der Waals surface area contributed by atoms with Gasteiger partial charge < -0.3 is 10.6 Å². The van der Waals surface area contributed by atoms with Crippen LogP contribution in [-0.2, 0) is 0 Å². The Morgan fingerprint density at radius 3 is 2.48 bits per heavy atom. The molecule has 1 amide bonds. The quantitative estimate of drug-likeness (QED) is 0.806. The number of carbonyl (C=O) groups is 1. The molecule has 1 aliphatic heterocycles. The molecule has 0 radical (unpaired) electrons. The summed E-state index contributed by atoms with van der Waals surface area (Å²) in [6.45, 7) is 4.86. The van der Waals surface area contributed by atoms with Gasteiger partial charge in [-0.2, -0.15) is 0 Å². The topological polar surface area (TPSA) is 49.6 Å². The number of rotatable bonds is 3. The number of amides is 1. The van der Waals surface area contributed by atoms with Gasteiger partial charge in [0, 0.05) is 41.2 Å². The number of benzene rings is 1. The smallest absolute Gasteiger partial charge is 0.254 e. The van der Waals surface area contributed by atoms with Gasteiger partial charge in [-0.15, -0.1) is 0 Å². The van der Waals surface area contributed by atoms with E-state index in [1.54, 1.807) is 18.2 Å². The fourth-order valence-corrected chi connectivity index (χ4v) is 3.36. The summed E-state index contributed by atoms with van der Waals surface area (Å²) >= 11 is 14.4. The fourth-order valence-electron chi connectivity index (χ4n) is 2.35. The lowest BCUT2D eigenvalue weighted by atomic mass is 10.1. The largest absolute Gasteiger partial charge is 0.392 e. The molecular weight excluding hydrogens is 374 g/mol. The highest BCUT2D eigenvalue weighted by atomic mass is 79.9. The Morgan fingerprint density at radius 2 is 1.95 bits per heavy atom. The number of nitrogens with zero attached hydrogens (tertiary/aromatic N) is 2. The van der Waals surface area contributed by atoms with E-state index in [1.165, 1.54) is 0 Å². The minimum absolute atomic E-state index is 0.000767. The minimum atomic E-state index is 0.000767. The van der Waals surface area contributed by atoms with E-state index in [9.17, 15) is 4.79 Å². The first-order valence-corrected chi connectivity index (χ1v) is 8.25. The van der Waals surface area contributed by atoms with Gasteiger partial charge >= 0.3 is 0 Å². The molecule has 1 heterocycles.